The molecule has 1 aliphatic heterocycles. The number of ether oxygens (including phenoxy) is 1. The highest BCUT2D eigenvalue weighted by molar-refractivity contribution is 5.96. The molecule has 0 radical (unpaired) electrons. The van der Waals surface area contributed by atoms with Gasteiger partial charge in [-0.2, -0.15) is 0 Å². The Bertz CT molecular complexity index is 571. The van der Waals surface area contributed by atoms with Crippen LogP contribution in [0.2, 0.25) is 0 Å². The summed E-state index contributed by atoms with van der Waals surface area (Å²) >= 11 is 0. The van der Waals surface area contributed by atoms with Crippen molar-refractivity contribution >= 4 is 11.9 Å². The average Bonchev–Trinajstić information content (AvgIpc) is 2.80. The summed E-state index contributed by atoms with van der Waals surface area (Å²) in [6, 6.07) is 1.85. The van der Waals surface area contributed by atoms with Gasteiger partial charge >= 0.3 is 5.97 Å². The molecule has 0 unspecified atom stereocenters. The minimum absolute atomic E-state index is 0.139. The maximum atomic E-state index is 12.4. The number of hydrogen-bond acceptors (Lipinski definition) is 3. The Hall–Kier alpha value is -1.82. The number of hydrogen-bond donors (Lipinski definition) is 2. The highest BCUT2D eigenvalue weighted by atomic mass is 16.5. The molecule has 1 aromatic heterocycles. The zero-order valence-electron chi connectivity index (χ0n) is 13.4. The highest BCUT2D eigenvalue weighted by Gasteiger charge is 2.40. The predicted octanol–water partition coefficient (Wildman–Crippen LogP) is 1.74. The molecule has 2 rings (SSSR count). The summed E-state index contributed by atoms with van der Waals surface area (Å²) < 4.78 is 7.31. The van der Waals surface area contributed by atoms with Crippen molar-refractivity contribution in [2.75, 3.05) is 19.8 Å². The Labute approximate surface area is 130 Å². The van der Waals surface area contributed by atoms with Gasteiger partial charge in [0.2, 0.25) is 0 Å². The van der Waals surface area contributed by atoms with Gasteiger partial charge in [0.25, 0.3) is 5.91 Å². The first kappa shape index (κ1) is 16.5. The number of amides is 1. The van der Waals surface area contributed by atoms with Gasteiger partial charge < -0.3 is 19.7 Å². The average molecular weight is 308 g/mol. The molecular formula is C16H24N2O4. The van der Waals surface area contributed by atoms with E-state index in [1.165, 1.54) is 0 Å². The number of nitrogens with zero attached hydrogens (tertiary/aromatic N) is 1. The number of aliphatic carboxylic acids is 1. The molecule has 1 fully saturated rings. The van der Waals surface area contributed by atoms with E-state index in [4.69, 9.17) is 4.74 Å². The van der Waals surface area contributed by atoms with E-state index >= 15 is 0 Å². The third-order valence-electron chi connectivity index (χ3n) is 4.63. The summed E-state index contributed by atoms with van der Waals surface area (Å²) in [4.78, 5) is 24.0. The van der Waals surface area contributed by atoms with Crippen LogP contribution in [0.15, 0.2) is 6.07 Å². The summed E-state index contributed by atoms with van der Waals surface area (Å²) in [5.74, 6) is -1.07. The van der Waals surface area contributed by atoms with E-state index in [-0.39, 0.29) is 12.5 Å². The molecule has 0 saturated carbocycles. The topological polar surface area (TPSA) is 80.6 Å². The van der Waals surface area contributed by atoms with Crippen LogP contribution in [0.4, 0.5) is 0 Å². The molecular weight excluding hydrogens is 284 g/mol. The molecule has 0 bridgehead atoms. The fraction of sp³-hybridized carbons (Fsp3) is 0.625. The van der Waals surface area contributed by atoms with Gasteiger partial charge in [-0.25, -0.2) is 0 Å². The first-order chi connectivity index (χ1) is 10.4. The van der Waals surface area contributed by atoms with E-state index in [2.05, 4.69) is 9.88 Å². The van der Waals surface area contributed by atoms with Crippen molar-refractivity contribution in [1.82, 2.24) is 9.88 Å². The van der Waals surface area contributed by atoms with Crippen LogP contribution in [0.3, 0.4) is 0 Å². The van der Waals surface area contributed by atoms with Crippen LogP contribution in [0.5, 0.6) is 0 Å². The molecule has 122 valence electrons. The van der Waals surface area contributed by atoms with Crippen molar-refractivity contribution in [3.63, 3.8) is 0 Å². The van der Waals surface area contributed by atoms with Crippen LogP contribution in [-0.4, -0.2) is 41.3 Å². The number of carboxylic acids is 1. The van der Waals surface area contributed by atoms with Crippen LogP contribution < -0.4 is 5.32 Å². The van der Waals surface area contributed by atoms with Crippen LogP contribution >= 0.6 is 0 Å². The lowest BCUT2D eigenvalue weighted by Gasteiger charge is -2.33. The van der Waals surface area contributed by atoms with Crippen LogP contribution in [0.1, 0.15) is 41.5 Å². The summed E-state index contributed by atoms with van der Waals surface area (Å²) in [7, 11) is 0. The first-order valence-corrected chi connectivity index (χ1v) is 7.67. The number of carbonyl (C=O) groups excluding carboxylic acids is 1. The lowest BCUT2D eigenvalue weighted by Crippen LogP contribution is -2.46. The van der Waals surface area contributed by atoms with Gasteiger partial charge in [0, 0.05) is 37.7 Å². The fourth-order valence-electron chi connectivity index (χ4n) is 3.09. The Kier molecular flexibility index (Phi) is 4.90. The van der Waals surface area contributed by atoms with Crippen LogP contribution in [-0.2, 0) is 16.1 Å². The summed E-state index contributed by atoms with van der Waals surface area (Å²) in [5.41, 5.74) is 1.65. The Morgan fingerprint density at radius 3 is 2.50 bits per heavy atom. The minimum Gasteiger partial charge on any atom is -0.481 e. The molecule has 1 aromatic rings. The number of rotatable bonds is 5. The largest absolute Gasteiger partial charge is 0.481 e. The van der Waals surface area contributed by atoms with Crippen LogP contribution in [0, 0.1) is 19.3 Å². The van der Waals surface area contributed by atoms with Gasteiger partial charge in [0.1, 0.15) is 0 Å². The fourth-order valence-corrected chi connectivity index (χ4v) is 3.09. The minimum atomic E-state index is -0.913. The number of carboxylic acid groups (broad SMARTS) is 1. The second kappa shape index (κ2) is 6.52. The third-order valence-corrected chi connectivity index (χ3v) is 4.63. The van der Waals surface area contributed by atoms with Crippen molar-refractivity contribution < 1.29 is 19.4 Å². The quantitative estimate of drug-likeness (QED) is 0.868. The number of aryl methyl sites for hydroxylation is 1. The highest BCUT2D eigenvalue weighted by Crippen LogP contribution is 2.30. The van der Waals surface area contributed by atoms with E-state index in [1.807, 2.05) is 26.8 Å². The molecule has 0 spiro atoms. The van der Waals surface area contributed by atoms with Gasteiger partial charge in [-0.1, -0.05) is 0 Å². The third kappa shape index (κ3) is 3.02. The monoisotopic (exact) mass is 308 g/mol. The summed E-state index contributed by atoms with van der Waals surface area (Å²) in [6.45, 7) is 7.70. The second-order valence-electron chi connectivity index (χ2n) is 5.91. The van der Waals surface area contributed by atoms with E-state index < -0.39 is 11.4 Å². The molecule has 2 heterocycles. The van der Waals surface area contributed by atoms with Gasteiger partial charge in [0.15, 0.2) is 0 Å². The predicted molar refractivity (Wildman–Crippen MR) is 82.0 cm³/mol. The van der Waals surface area contributed by atoms with Crippen molar-refractivity contribution in [1.29, 1.82) is 0 Å². The lowest BCUT2D eigenvalue weighted by atomic mass is 9.80. The van der Waals surface area contributed by atoms with Crippen molar-refractivity contribution in [3.05, 3.63) is 23.0 Å². The van der Waals surface area contributed by atoms with Crippen molar-refractivity contribution in [3.8, 4) is 0 Å². The van der Waals surface area contributed by atoms with Gasteiger partial charge in [-0.05, 0) is 39.7 Å². The molecule has 0 aliphatic carbocycles. The zero-order valence-corrected chi connectivity index (χ0v) is 13.4. The molecule has 6 heteroatoms. The second-order valence-corrected chi connectivity index (χ2v) is 5.91. The molecule has 0 aromatic carbocycles. The van der Waals surface area contributed by atoms with Gasteiger partial charge in [0.05, 0.1) is 11.0 Å². The van der Waals surface area contributed by atoms with Crippen LogP contribution in [0.25, 0.3) is 0 Å². The van der Waals surface area contributed by atoms with E-state index in [0.29, 0.717) is 31.6 Å². The number of carbonyl (C=O) groups is 2. The molecule has 1 aliphatic rings. The van der Waals surface area contributed by atoms with Gasteiger partial charge in [-0.3, -0.25) is 9.59 Å². The maximum absolute atomic E-state index is 12.4. The molecule has 0 atom stereocenters. The molecule has 2 N–H and O–H groups in total. The van der Waals surface area contributed by atoms with E-state index in [1.54, 1.807) is 0 Å². The number of nitrogens with one attached hydrogen (secondary N) is 1. The SMILES string of the molecule is CCn1c(C)cc(C(=O)NCC2(C(=O)O)CCOCC2)c1C. The smallest absolute Gasteiger partial charge is 0.311 e. The maximum Gasteiger partial charge on any atom is 0.311 e. The van der Waals surface area contributed by atoms with Crippen molar-refractivity contribution in [2.24, 2.45) is 5.41 Å². The van der Waals surface area contributed by atoms with E-state index in [0.717, 1.165) is 17.9 Å². The molecule has 1 saturated heterocycles. The summed E-state index contributed by atoms with van der Waals surface area (Å²) in [5, 5.41) is 12.3. The standard InChI is InChI=1S/C16H24N2O4/c1-4-18-11(2)9-13(12(18)3)14(19)17-10-16(15(20)21)5-7-22-8-6-16/h9H,4-8,10H2,1-3H3,(H,17,19)(H,20,21). The molecule has 1 amide bonds. The Morgan fingerprint density at radius 1 is 1.36 bits per heavy atom. The number of aromatic nitrogens is 1. The molecule has 6 nitrogen and oxygen atoms in total. The zero-order chi connectivity index (χ0) is 16.3. The Balaban J connectivity index is 2.10. The van der Waals surface area contributed by atoms with Gasteiger partial charge in [-0.15, -0.1) is 0 Å². The summed E-state index contributed by atoms with van der Waals surface area (Å²) in [6.07, 6.45) is 0.854. The van der Waals surface area contributed by atoms with Crippen molar-refractivity contribution in [2.45, 2.75) is 40.2 Å². The normalized spacial score (nSPS) is 17.2. The Morgan fingerprint density at radius 2 is 2.00 bits per heavy atom. The molecule has 22 heavy (non-hydrogen) atoms. The lowest BCUT2D eigenvalue weighted by molar-refractivity contribution is -0.154. The first-order valence-electron chi connectivity index (χ1n) is 7.67. The van der Waals surface area contributed by atoms with E-state index in [9.17, 15) is 14.7 Å².